The second-order valence-corrected chi connectivity index (χ2v) is 7.33. The average Bonchev–Trinajstić information content (AvgIpc) is 3.20. The first-order valence-electron chi connectivity index (χ1n) is 9.08. The van der Waals surface area contributed by atoms with Crippen LogP contribution in [0.1, 0.15) is 23.2 Å². The van der Waals surface area contributed by atoms with E-state index < -0.39 is 0 Å². The Morgan fingerprint density at radius 2 is 1.82 bits per heavy atom. The number of methoxy groups -OCH3 is 2. The van der Waals surface area contributed by atoms with E-state index in [2.05, 4.69) is 41.5 Å². The van der Waals surface area contributed by atoms with Gasteiger partial charge in [-0.15, -0.1) is 11.3 Å². The number of carbonyl (C=O) groups excluding carboxylic acids is 1. The van der Waals surface area contributed by atoms with Gasteiger partial charge in [-0.2, -0.15) is 0 Å². The Balaban J connectivity index is 1.50. The molecule has 0 aliphatic heterocycles. The fourth-order valence-electron chi connectivity index (χ4n) is 2.77. The van der Waals surface area contributed by atoms with Crippen molar-refractivity contribution < 1.29 is 14.3 Å². The molecule has 146 valence electrons. The summed E-state index contributed by atoms with van der Waals surface area (Å²) in [5.74, 6) is 1.32. The molecule has 0 aliphatic rings. The molecule has 0 aliphatic carbocycles. The molecule has 1 amide bonds. The van der Waals surface area contributed by atoms with Gasteiger partial charge in [0, 0.05) is 23.9 Å². The number of rotatable bonds is 8. The zero-order valence-corrected chi connectivity index (χ0v) is 17.1. The van der Waals surface area contributed by atoms with Crippen molar-refractivity contribution in [2.45, 2.75) is 26.3 Å². The molecule has 0 saturated carbocycles. The number of amides is 1. The van der Waals surface area contributed by atoms with Crippen LogP contribution in [0.25, 0.3) is 10.6 Å². The Labute approximate surface area is 169 Å². The molecule has 1 N–H and O–H groups in total. The lowest BCUT2D eigenvalue weighted by Crippen LogP contribution is -2.23. The van der Waals surface area contributed by atoms with Gasteiger partial charge in [-0.1, -0.05) is 35.9 Å². The number of nitrogens with zero attached hydrogens (tertiary/aromatic N) is 1. The SMILES string of the molecule is COc1ccc(CNC(=O)CCc2csc(-c3ccc(C)cc3)n2)cc1OC. The lowest BCUT2D eigenvalue weighted by Gasteiger charge is -2.10. The van der Waals surface area contributed by atoms with Gasteiger partial charge in [-0.05, 0) is 31.0 Å². The van der Waals surface area contributed by atoms with Crippen LogP contribution in [0.2, 0.25) is 0 Å². The summed E-state index contributed by atoms with van der Waals surface area (Å²) in [5, 5.41) is 5.95. The fourth-order valence-corrected chi connectivity index (χ4v) is 3.63. The first-order chi connectivity index (χ1) is 13.6. The number of aryl methyl sites for hydroxylation is 2. The lowest BCUT2D eigenvalue weighted by atomic mass is 10.1. The predicted octanol–water partition coefficient (Wildman–Crippen LogP) is 4.38. The third-order valence-electron chi connectivity index (χ3n) is 4.40. The van der Waals surface area contributed by atoms with E-state index in [1.165, 1.54) is 5.56 Å². The molecular weight excluding hydrogens is 372 g/mol. The molecule has 2 aromatic carbocycles. The summed E-state index contributed by atoms with van der Waals surface area (Å²) in [6.45, 7) is 2.52. The number of nitrogens with one attached hydrogen (secondary N) is 1. The van der Waals surface area contributed by atoms with Gasteiger partial charge in [0.25, 0.3) is 0 Å². The Bertz CT molecular complexity index is 935. The standard InChI is InChI=1S/C22H24N2O3S/c1-15-4-7-17(8-5-15)22-24-18(14-28-22)9-11-21(25)23-13-16-6-10-19(26-2)20(12-16)27-3/h4-8,10,12,14H,9,11,13H2,1-3H3,(H,23,25). The third-order valence-corrected chi connectivity index (χ3v) is 5.34. The summed E-state index contributed by atoms with van der Waals surface area (Å²) >= 11 is 1.61. The van der Waals surface area contributed by atoms with E-state index in [4.69, 9.17) is 9.47 Å². The largest absolute Gasteiger partial charge is 0.493 e. The quantitative estimate of drug-likeness (QED) is 0.614. The second kappa shape index (κ2) is 9.37. The van der Waals surface area contributed by atoms with E-state index in [0.717, 1.165) is 21.8 Å². The maximum absolute atomic E-state index is 12.2. The molecule has 0 saturated heterocycles. The van der Waals surface area contributed by atoms with Crippen LogP contribution in [-0.2, 0) is 17.8 Å². The Kier molecular flexibility index (Phi) is 6.66. The van der Waals surface area contributed by atoms with E-state index in [-0.39, 0.29) is 5.91 Å². The first kappa shape index (κ1) is 19.9. The van der Waals surface area contributed by atoms with E-state index in [1.54, 1.807) is 25.6 Å². The predicted molar refractivity (Wildman–Crippen MR) is 112 cm³/mol. The Morgan fingerprint density at radius 3 is 2.54 bits per heavy atom. The van der Waals surface area contributed by atoms with E-state index in [9.17, 15) is 4.79 Å². The number of hydrogen-bond donors (Lipinski definition) is 1. The van der Waals surface area contributed by atoms with Crippen LogP contribution in [0.15, 0.2) is 47.8 Å². The van der Waals surface area contributed by atoms with Gasteiger partial charge in [-0.25, -0.2) is 4.98 Å². The summed E-state index contributed by atoms with van der Waals surface area (Å²) in [6.07, 6.45) is 1.03. The minimum Gasteiger partial charge on any atom is -0.493 e. The fraction of sp³-hybridized carbons (Fsp3) is 0.273. The molecule has 6 heteroatoms. The highest BCUT2D eigenvalue weighted by molar-refractivity contribution is 7.13. The molecule has 0 fully saturated rings. The number of hydrogen-bond acceptors (Lipinski definition) is 5. The summed E-state index contributed by atoms with van der Waals surface area (Å²) in [7, 11) is 3.20. The molecule has 5 nitrogen and oxygen atoms in total. The number of ether oxygens (including phenoxy) is 2. The van der Waals surface area contributed by atoms with Crippen molar-refractivity contribution in [1.82, 2.24) is 10.3 Å². The molecule has 3 aromatic rings. The molecule has 0 spiro atoms. The van der Waals surface area contributed by atoms with Crippen molar-refractivity contribution in [3.63, 3.8) is 0 Å². The summed E-state index contributed by atoms with van der Waals surface area (Å²) in [5.41, 5.74) is 4.24. The highest BCUT2D eigenvalue weighted by atomic mass is 32.1. The van der Waals surface area contributed by atoms with E-state index in [0.29, 0.717) is 30.9 Å². The highest BCUT2D eigenvalue weighted by Crippen LogP contribution is 2.27. The van der Waals surface area contributed by atoms with Crippen LogP contribution in [0.4, 0.5) is 0 Å². The number of aromatic nitrogens is 1. The Hall–Kier alpha value is -2.86. The zero-order valence-electron chi connectivity index (χ0n) is 16.3. The maximum Gasteiger partial charge on any atom is 0.220 e. The van der Waals surface area contributed by atoms with Gasteiger partial charge in [0.05, 0.1) is 19.9 Å². The first-order valence-corrected chi connectivity index (χ1v) is 9.96. The van der Waals surface area contributed by atoms with E-state index in [1.807, 2.05) is 23.6 Å². The van der Waals surface area contributed by atoms with Crippen molar-refractivity contribution in [3.05, 3.63) is 64.7 Å². The van der Waals surface area contributed by atoms with Crippen LogP contribution >= 0.6 is 11.3 Å². The van der Waals surface area contributed by atoms with Gasteiger partial charge in [-0.3, -0.25) is 4.79 Å². The Morgan fingerprint density at radius 1 is 1.07 bits per heavy atom. The van der Waals surface area contributed by atoms with Crippen LogP contribution in [-0.4, -0.2) is 25.1 Å². The van der Waals surface area contributed by atoms with Crippen molar-refractivity contribution in [2.24, 2.45) is 0 Å². The van der Waals surface area contributed by atoms with Crippen LogP contribution in [0.5, 0.6) is 11.5 Å². The monoisotopic (exact) mass is 396 g/mol. The second-order valence-electron chi connectivity index (χ2n) is 6.48. The van der Waals surface area contributed by atoms with Gasteiger partial charge in [0.15, 0.2) is 11.5 Å². The van der Waals surface area contributed by atoms with Crippen molar-refractivity contribution in [1.29, 1.82) is 0 Å². The highest BCUT2D eigenvalue weighted by Gasteiger charge is 2.09. The average molecular weight is 397 g/mol. The van der Waals surface area contributed by atoms with Crippen molar-refractivity contribution in [2.75, 3.05) is 14.2 Å². The van der Waals surface area contributed by atoms with Gasteiger partial charge in [0.1, 0.15) is 5.01 Å². The van der Waals surface area contributed by atoms with Crippen LogP contribution < -0.4 is 14.8 Å². The summed E-state index contributed by atoms with van der Waals surface area (Å²) in [6, 6.07) is 13.9. The molecule has 0 radical (unpaired) electrons. The van der Waals surface area contributed by atoms with Crippen molar-refractivity contribution in [3.8, 4) is 22.1 Å². The molecule has 1 aromatic heterocycles. The van der Waals surface area contributed by atoms with Gasteiger partial charge >= 0.3 is 0 Å². The lowest BCUT2D eigenvalue weighted by molar-refractivity contribution is -0.121. The molecule has 0 bridgehead atoms. The zero-order chi connectivity index (χ0) is 19.9. The topological polar surface area (TPSA) is 60.5 Å². The molecular formula is C22H24N2O3S. The molecule has 28 heavy (non-hydrogen) atoms. The normalized spacial score (nSPS) is 10.5. The van der Waals surface area contributed by atoms with Gasteiger partial charge < -0.3 is 14.8 Å². The smallest absolute Gasteiger partial charge is 0.220 e. The summed E-state index contributed by atoms with van der Waals surface area (Å²) < 4.78 is 10.5. The maximum atomic E-state index is 12.2. The number of carbonyl (C=O) groups is 1. The van der Waals surface area contributed by atoms with Crippen LogP contribution in [0.3, 0.4) is 0 Å². The van der Waals surface area contributed by atoms with Gasteiger partial charge in [0.2, 0.25) is 5.91 Å². The van der Waals surface area contributed by atoms with Crippen LogP contribution in [0, 0.1) is 6.92 Å². The molecule has 0 unspecified atom stereocenters. The van der Waals surface area contributed by atoms with Crippen molar-refractivity contribution >= 4 is 17.2 Å². The molecule has 3 rings (SSSR count). The minimum atomic E-state index is -0.000305. The molecule has 0 atom stereocenters. The number of benzene rings is 2. The summed E-state index contributed by atoms with van der Waals surface area (Å²) in [4.78, 5) is 16.8. The molecule has 1 heterocycles. The minimum absolute atomic E-state index is 0.000305. The van der Waals surface area contributed by atoms with E-state index >= 15 is 0 Å². The number of thiazole rings is 1. The third kappa shape index (κ3) is 5.10.